The van der Waals surface area contributed by atoms with E-state index in [-0.39, 0.29) is 23.5 Å². The highest BCUT2D eigenvalue weighted by atomic mass is 32.2. The highest BCUT2D eigenvalue weighted by Gasteiger charge is 2.42. The Morgan fingerprint density at radius 3 is 2.20 bits per heavy atom. The lowest BCUT2D eigenvalue weighted by Crippen LogP contribution is -2.32. The molecule has 0 bridgehead atoms. The van der Waals surface area contributed by atoms with Gasteiger partial charge in [0, 0.05) is 21.9 Å². The molecule has 0 amide bonds. The Bertz CT molecular complexity index is 940. The van der Waals surface area contributed by atoms with Crippen LogP contribution >= 0.6 is 11.8 Å². The first-order valence-corrected chi connectivity index (χ1v) is 9.10. The summed E-state index contributed by atoms with van der Waals surface area (Å²) in [4.78, 5) is 38.9. The fraction of sp³-hybridized carbons (Fsp3) is 0.150. The number of rotatable bonds is 2. The number of thioether (sulfide) groups is 1. The third kappa shape index (κ3) is 2.51. The normalized spacial score (nSPS) is 19.4. The molecule has 0 aromatic heterocycles. The van der Waals surface area contributed by atoms with Crippen molar-refractivity contribution in [3.8, 4) is 0 Å². The van der Waals surface area contributed by atoms with Crippen molar-refractivity contribution in [1.29, 1.82) is 0 Å². The molecule has 1 heterocycles. The van der Waals surface area contributed by atoms with Crippen molar-refractivity contribution in [1.82, 2.24) is 0 Å². The molecule has 0 radical (unpaired) electrons. The van der Waals surface area contributed by atoms with Crippen molar-refractivity contribution in [2.45, 2.75) is 17.2 Å². The number of ketones is 2. The molecule has 1 aliphatic carbocycles. The summed E-state index contributed by atoms with van der Waals surface area (Å²) in [6.07, 6.45) is 2.03. The number of esters is 1. The molecule has 5 heteroatoms. The van der Waals surface area contributed by atoms with Crippen molar-refractivity contribution in [3.05, 3.63) is 76.6 Å². The van der Waals surface area contributed by atoms with Gasteiger partial charge in [-0.2, -0.15) is 0 Å². The number of carbonyl (C=O) groups is 3. The summed E-state index contributed by atoms with van der Waals surface area (Å²) < 4.78 is 5.19. The first kappa shape index (κ1) is 15.8. The number of allylic oxidation sites excluding steroid dienone is 2. The first-order chi connectivity index (χ1) is 12.1. The fourth-order valence-electron chi connectivity index (χ4n) is 3.33. The van der Waals surface area contributed by atoms with E-state index >= 15 is 0 Å². The minimum atomic E-state index is -0.488. The standard InChI is InChI=1S/C20H14O4S/c1-25-12-8-6-11(7-9-12)15-10-16(21)24-20-17(15)18(22)13-4-2-3-5-14(13)19(20)23/h2-9,15H,10H2,1H3/t15-/m1/s1. The summed E-state index contributed by atoms with van der Waals surface area (Å²) in [7, 11) is 0. The Morgan fingerprint density at radius 2 is 1.56 bits per heavy atom. The molecule has 2 aromatic carbocycles. The van der Waals surface area contributed by atoms with Gasteiger partial charge in [-0.05, 0) is 24.0 Å². The third-order valence-electron chi connectivity index (χ3n) is 4.57. The van der Waals surface area contributed by atoms with Crippen LogP contribution in [0.2, 0.25) is 0 Å². The number of hydrogen-bond acceptors (Lipinski definition) is 5. The van der Waals surface area contributed by atoms with E-state index in [2.05, 4.69) is 0 Å². The van der Waals surface area contributed by atoms with E-state index in [1.807, 2.05) is 30.5 Å². The Hall–Kier alpha value is -2.66. The maximum absolute atomic E-state index is 13.0. The Labute approximate surface area is 148 Å². The zero-order valence-electron chi connectivity index (χ0n) is 13.4. The number of carbonyl (C=O) groups excluding carboxylic acids is 3. The first-order valence-electron chi connectivity index (χ1n) is 7.87. The van der Waals surface area contributed by atoms with E-state index in [4.69, 9.17) is 4.74 Å². The van der Waals surface area contributed by atoms with Crippen molar-refractivity contribution in [3.63, 3.8) is 0 Å². The van der Waals surface area contributed by atoms with Gasteiger partial charge in [-0.1, -0.05) is 36.4 Å². The molecule has 4 nitrogen and oxygen atoms in total. The van der Waals surface area contributed by atoms with Crippen LogP contribution in [-0.4, -0.2) is 23.8 Å². The van der Waals surface area contributed by atoms with Crippen LogP contribution in [0.25, 0.3) is 0 Å². The second-order valence-electron chi connectivity index (χ2n) is 5.95. The van der Waals surface area contributed by atoms with Gasteiger partial charge >= 0.3 is 5.97 Å². The molecule has 1 atom stereocenters. The molecule has 0 saturated carbocycles. The van der Waals surface area contributed by atoms with Crippen molar-refractivity contribution < 1.29 is 19.1 Å². The second kappa shape index (κ2) is 6.01. The Balaban J connectivity index is 1.86. The van der Waals surface area contributed by atoms with Crippen LogP contribution in [0.15, 0.2) is 64.8 Å². The number of fused-ring (bicyclic) bond motifs is 1. The van der Waals surface area contributed by atoms with Gasteiger partial charge in [0.1, 0.15) is 0 Å². The minimum Gasteiger partial charge on any atom is -0.422 e. The van der Waals surface area contributed by atoms with Crippen LogP contribution < -0.4 is 0 Å². The zero-order chi connectivity index (χ0) is 17.6. The predicted molar refractivity (Wildman–Crippen MR) is 93.8 cm³/mol. The van der Waals surface area contributed by atoms with Gasteiger partial charge in [0.2, 0.25) is 5.78 Å². The van der Waals surface area contributed by atoms with Crippen LogP contribution in [0, 0.1) is 0 Å². The van der Waals surface area contributed by atoms with Gasteiger partial charge in [0.05, 0.1) is 12.0 Å². The van der Waals surface area contributed by atoms with Gasteiger partial charge in [-0.15, -0.1) is 11.8 Å². The van der Waals surface area contributed by atoms with E-state index in [1.165, 1.54) is 0 Å². The summed E-state index contributed by atoms with van der Waals surface area (Å²) in [5.74, 6) is -1.70. The minimum absolute atomic E-state index is 0.0542. The maximum Gasteiger partial charge on any atom is 0.312 e. The molecular formula is C20H14O4S. The highest BCUT2D eigenvalue weighted by Crippen LogP contribution is 2.41. The largest absolute Gasteiger partial charge is 0.422 e. The van der Waals surface area contributed by atoms with E-state index in [1.54, 1.807) is 36.0 Å². The van der Waals surface area contributed by atoms with Crippen LogP contribution in [0.5, 0.6) is 0 Å². The van der Waals surface area contributed by atoms with E-state index < -0.39 is 17.7 Å². The molecule has 25 heavy (non-hydrogen) atoms. The molecule has 1 aliphatic heterocycles. The molecule has 0 N–H and O–H groups in total. The number of benzene rings is 2. The lowest BCUT2D eigenvalue weighted by Gasteiger charge is -2.30. The Kier molecular flexibility index (Phi) is 3.81. The summed E-state index contributed by atoms with van der Waals surface area (Å²) in [6.45, 7) is 0. The average molecular weight is 350 g/mol. The zero-order valence-corrected chi connectivity index (χ0v) is 14.3. The molecule has 2 aromatic rings. The van der Waals surface area contributed by atoms with Gasteiger partial charge in [0.25, 0.3) is 0 Å². The van der Waals surface area contributed by atoms with Gasteiger partial charge < -0.3 is 4.74 Å². The molecule has 0 saturated heterocycles. The van der Waals surface area contributed by atoms with Crippen LogP contribution in [0.1, 0.15) is 38.6 Å². The van der Waals surface area contributed by atoms with Crippen molar-refractivity contribution >= 4 is 29.3 Å². The topological polar surface area (TPSA) is 60.4 Å². The van der Waals surface area contributed by atoms with Gasteiger partial charge in [-0.25, -0.2) is 0 Å². The summed E-state index contributed by atoms with van der Waals surface area (Å²) in [5.41, 5.74) is 1.79. The lowest BCUT2D eigenvalue weighted by molar-refractivity contribution is -0.140. The monoisotopic (exact) mass is 350 g/mol. The quantitative estimate of drug-likeness (QED) is 0.609. The van der Waals surface area contributed by atoms with E-state index in [0.717, 1.165) is 10.5 Å². The summed E-state index contributed by atoms with van der Waals surface area (Å²) in [6, 6.07) is 14.3. The van der Waals surface area contributed by atoms with E-state index in [0.29, 0.717) is 11.1 Å². The van der Waals surface area contributed by atoms with Gasteiger partial charge in [0.15, 0.2) is 11.5 Å². The number of hydrogen-bond donors (Lipinski definition) is 0. The fourth-order valence-corrected chi connectivity index (χ4v) is 3.74. The van der Waals surface area contributed by atoms with E-state index in [9.17, 15) is 14.4 Å². The molecule has 124 valence electrons. The maximum atomic E-state index is 13.0. The van der Waals surface area contributed by atoms with Crippen LogP contribution in [-0.2, 0) is 9.53 Å². The Morgan fingerprint density at radius 1 is 0.920 bits per heavy atom. The molecule has 0 spiro atoms. The smallest absolute Gasteiger partial charge is 0.312 e. The molecule has 4 rings (SSSR count). The average Bonchev–Trinajstić information content (AvgIpc) is 2.65. The highest BCUT2D eigenvalue weighted by molar-refractivity contribution is 7.98. The van der Waals surface area contributed by atoms with Crippen molar-refractivity contribution in [2.75, 3.05) is 6.26 Å². The third-order valence-corrected chi connectivity index (χ3v) is 5.31. The predicted octanol–water partition coefficient (Wildman–Crippen LogP) is 3.77. The SMILES string of the molecule is CSc1ccc([C@H]2CC(=O)OC3=C2C(=O)c2ccccc2C3=O)cc1. The second-order valence-corrected chi connectivity index (χ2v) is 6.83. The summed E-state index contributed by atoms with van der Waals surface area (Å²) in [5, 5.41) is 0. The van der Waals surface area contributed by atoms with Crippen LogP contribution in [0.4, 0.5) is 0 Å². The lowest BCUT2D eigenvalue weighted by atomic mass is 9.77. The van der Waals surface area contributed by atoms with Gasteiger partial charge in [-0.3, -0.25) is 14.4 Å². The van der Waals surface area contributed by atoms with Crippen LogP contribution in [0.3, 0.4) is 0 Å². The molecule has 2 aliphatic rings. The number of ether oxygens (including phenoxy) is 1. The molecular weight excluding hydrogens is 336 g/mol. The summed E-state index contributed by atoms with van der Waals surface area (Å²) >= 11 is 1.61. The van der Waals surface area contributed by atoms with Crippen molar-refractivity contribution in [2.24, 2.45) is 0 Å². The molecule has 0 fully saturated rings. The molecule has 0 unspecified atom stereocenters. The number of Topliss-reactive ketones (excluding diaryl/α,β-unsaturated/α-hetero) is 2.